The van der Waals surface area contributed by atoms with Crippen molar-refractivity contribution in [1.82, 2.24) is 4.57 Å². The summed E-state index contributed by atoms with van der Waals surface area (Å²) in [5.74, 6) is -1.14. The Morgan fingerprint density at radius 1 is 1.14 bits per heavy atom. The second-order valence-electron chi connectivity index (χ2n) is 5.50. The van der Waals surface area contributed by atoms with Crippen molar-refractivity contribution in [1.29, 1.82) is 0 Å². The molecule has 116 valence electrons. The molecule has 0 bridgehead atoms. The second kappa shape index (κ2) is 5.87. The maximum Gasteiger partial charge on any atom is 0.342 e. The van der Waals surface area contributed by atoms with Gasteiger partial charge >= 0.3 is 5.97 Å². The van der Waals surface area contributed by atoms with E-state index in [0.717, 1.165) is 36.6 Å². The van der Waals surface area contributed by atoms with Crippen LogP contribution in [-0.2, 0) is 0 Å². The Hall–Kier alpha value is 0.0900. The normalized spacial score (nSPS) is 14.6. The highest BCUT2D eigenvalue weighted by Gasteiger charge is 2.32. The van der Waals surface area contributed by atoms with E-state index >= 15 is 0 Å². The summed E-state index contributed by atoms with van der Waals surface area (Å²) in [5, 5.41) is 10.0. The number of aromatic nitrogens is 1. The van der Waals surface area contributed by atoms with Gasteiger partial charge in [-0.1, -0.05) is 0 Å². The SMILES string of the molecule is Cc1c(C)c(I)c2c(c1I)c(=O)c(C(=O)O)c(I)n2C1CC1. The third-order valence-electron chi connectivity index (χ3n) is 4.12. The molecule has 0 amide bonds. The summed E-state index contributed by atoms with van der Waals surface area (Å²) in [6.45, 7) is 4.04. The molecule has 1 fully saturated rings. The number of carboxylic acid groups (broad SMARTS) is 1. The van der Waals surface area contributed by atoms with Crippen LogP contribution in [0.15, 0.2) is 4.79 Å². The minimum absolute atomic E-state index is 0.100. The maximum absolute atomic E-state index is 12.8. The number of aromatic carboxylic acids is 1. The van der Waals surface area contributed by atoms with Gasteiger partial charge < -0.3 is 9.67 Å². The fourth-order valence-electron chi connectivity index (χ4n) is 2.64. The first-order valence-electron chi connectivity index (χ1n) is 6.72. The maximum atomic E-state index is 12.8. The van der Waals surface area contributed by atoms with E-state index in [1.807, 2.05) is 29.5 Å². The van der Waals surface area contributed by atoms with Crippen LogP contribution >= 0.6 is 67.8 Å². The van der Waals surface area contributed by atoms with Gasteiger partial charge in [-0.15, -0.1) is 0 Å². The lowest BCUT2D eigenvalue weighted by Crippen LogP contribution is -2.24. The van der Waals surface area contributed by atoms with Crippen LogP contribution in [0.1, 0.15) is 40.4 Å². The van der Waals surface area contributed by atoms with Crippen molar-refractivity contribution in [2.75, 3.05) is 0 Å². The summed E-state index contributed by atoms with van der Waals surface area (Å²) in [6.07, 6.45) is 2.07. The van der Waals surface area contributed by atoms with Gasteiger partial charge in [0.1, 0.15) is 5.56 Å². The average molecular weight is 635 g/mol. The molecule has 0 unspecified atom stereocenters. The van der Waals surface area contributed by atoms with Crippen LogP contribution < -0.4 is 5.43 Å². The largest absolute Gasteiger partial charge is 0.477 e. The Labute approximate surface area is 168 Å². The van der Waals surface area contributed by atoms with Gasteiger partial charge in [0.15, 0.2) is 0 Å². The number of hydrogen-bond donors (Lipinski definition) is 1. The predicted octanol–water partition coefficient (Wildman–Crippen LogP) is 4.47. The Morgan fingerprint density at radius 3 is 2.18 bits per heavy atom. The fraction of sp³-hybridized carbons (Fsp3) is 0.333. The van der Waals surface area contributed by atoms with E-state index in [9.17, 15) is 14.7 Å². The molecule has 1 saturated carbocycles. The molecule has 2 aromatic rings. The van der Waals surface area contributed by atoms with Crippen LogP contribution in [0.4, 0.5) is 0 Å². The second-order valence-corrected chi connectivity index (χ2v) is 8.68. The van der Waals surface area contributed by atoms with Crippen molar-refractivity contribution in [3.05, 3.63) is 37.8 Å². The number of pyridine rings is 1. The van der Waals surface area contributed by atoms with Crippen LogP contribution in [-0.4, -0.2) is 15.6 Å². The quantitative estimate of drug-likeness (QED) is 0.392. The van der Waals surface area contributed by atoms with Crippen molar-refractivity contribution in [2.45, 2.75) is 32.7 Å². The first-order chi connectivity index (χ1) is 10.3. The zero-order valence-electron chi connectivity index (χ0n) is 11.8. The molecule has 0 aliphatic heterocycles. The zero-order chi connectivity index (χ0) is 16.3. The highest BCUT2D eigenvalue weighted by Crippen LogP contribution is 2.41. The van der Waals surface area contributed by atoms with Crippen molar-refractivity contribution < 1.29 is 9.90 Å². The molecule has 1 aromatic heterocycles. The number of nitrogens with zero attached hydrogens (tertiary/aromatic N) is 1. The fourth-order valence-corrected chi connectivity index (χ4v) is 5.59. The highest BCUT2D eigenvalue weighted by molar-refractivity contribution is 14.1. The van der Waals surface area contributed by atoms with Crippen LogP contribution in [0.25, 0.3) is 10.9 Å². The van der Waals surface area contributed by atoms with E-state index in [4.69, 9.17) is 0 Å². The Morgan fingerprint density at radius 2 is 1.68 bits per heavy atom. The Balaban J connectivity index is 2.66. The van der Waals surface area contributed by atoms with E-state index in [-0.39, 0.29) is 11.0 Å². The van der Waals surface area contributed by atoms with Gasteiger partial charge in [-0.25, -0.2) is 4.79 Å². The number of benzene rings is 1. The van der Waals surface area contributed by atoms with Crippen molar-refractivity contribution >= 4 is 84.6 Å². The number of fused-ring (bicyclic) bond motifs is 1. The molecule has 1 N–H and O–H groups in total. The number of carboxylic acids is 1. The minimum atomic E-state index is -1.14. The third-order valence-corrected chi connectivity index (χ3v) is 7.85. The standard InChI is InChI=1S/C15H12I3NO3/c1-5-6(2)11(17)12-8(10(5)16)13(20)9(15(21)22)14(18)19(12)7-3-4-7/h7H,3-4H2,1-2H3,(H,21,22). The molecule has 4 nitrogen and oxygen atoms in total. The number of carbonyl (C=O) groups is 1. The zero-order valence-corrected chi connectivity index (χ0v) is 18.3. The summed E-state index contributed by atoms with van der Waals surface area (Å²) in [5.41, 5.74) is 2.64. The summed E-state index contributed by atoms with van der Waals surface area (Å²) in [6, 6.07) is 0.305. The Kier molecular flexibility index (Phi) is 4.52. The molecule has 7 heteroatoms. The van der Waals surface area contributed by atoms with Crippen LogP contribution in [0.5, 0.6) is 0 Å². The first kappa shape index (κ1) is 16.9. The molecule has 1 aliphatic carbocycles. The molecule has 0 radical (unpaired) electrons. The van der Waals surface area contributed by atoms with Gasteiger partial charge in [0.25, 0.3) is 0 Å². The number of hydrogen-bond acceptors (Lipinski definition) is 2. The van der Waals surface area contributed by atoms with Gasteiger partial charge in [-0.05, 0) is 106 Å². The lowest BCUT2D eigenvalue weighted by atomic mass is 10.0. The van der Waals surface area contributed by atoms with Gasteiger partial charge in [0.2, 0.25) is 5.43 Å². The van der Waals surface area contributed by atoms with E-state index < -0.39 is 5.97 Å². The van der Waals surface area contributed by atoms with Gasteiger partial charge in [-0.3, -0.25) is 4.79 Å². The lowest BCUT2D eigenvalue weighted by molar-refractivity contribution is 0.0693. The number of rotatable bonds is 2. The third kappa shape index (κ3) is 2.41. The smallest absolute Gasteiger partial charge is 0.342 e. The molecule has 0 spiro atoms. The molecule has 22 heavy (non-hydrogen) atoms. The van der Waals surface area contributed by atoms with Gasteiger partial charge in [0.05, 0.1) is 14.6 Å². The van der Waals surface area contributed by atoms with E-state index in [0.29, 0.717) is 15.1 Å². The summed E-state index contributed by atoms with van der Waals surface area (Å²) >= 11 is 6.46. The van der Waals surface area contributed by atoms with E-state index in [1.54, 1.807) is 0 Å². The van der Waals surface area contributed by atoms with Gasteiger partial charge in [-0.2, -0.15) is 0 Å². The molecule has 1 aliphatic rings. The average Bonchev–Trinajstić information content (AvgIpc) is 3.26. The summed E-state index contributed by atoms with van der Waals surface area (Å²) in [7, 11) is 0. The number of halogens is 3. The molecule has 1 aromatic carbocycles. The predicted molar refractivity (Wildman–Crippen MR) is 111 cm³/mol. The lowest BCUT2D eigenvalue weighted by Gasteiger charge is -2.20. The van der Waals surface area contributed by atoms with E-state index in [1.165, 1.54) is 0 Å². The van der Waals surface area contributed by atoms with Crippen molar-refractivity contribution in [2.24, 2.45) is 0 Å². The van der Waals surface area contributed by atoms with Crippen molar-refractivity contribution in [3.63, 3.8) is 0 Å². The van der Waals surface area contributed by atoms with Crippen LogP contribution in [0, 0.1) is 24.7 Å². The molecule has 3 rings (SSSR count). The van der Waals surface area contributed by atoms with Crippen LogP contribution in [0.3, 0.4) is 0 Å². The van der Waals surface area contributed by atoms with Gasteiger partial charge in [0, 0.05) is 13.2 Å². The Bertz CT molecular complexity index is 898. The minimum Gasteiger partial charge on any atom is -0.477 e. The first-order valence-corrected chi connectivity index (χ1v) is 9.96. The molecular weight excluding hydrogens is 623 g/mol. The molecule has 1 heterocycles. The van der Waals surface area contributed by atoms with Crippen LogP contribution in [0.2, 0.25) is 0 Å². The topological polar surface area (TPSA) is 59.3 Å². The monoisotopic (exact) mass is 635 g/mol. The van der Waals surface area contributed by atoms with Crippen molar-refractivity contribution in [3.8, 4) is 0 Å². The summed E-state index contributed by atoms with van der Waals surface area (Å²) < 4.78 is 4.52. The molecular formula is C15H12I3NO3. The van der Waals surface area contributed by atoms with E-state index in [2.05, 4.69) is 56.7 Å². The molecule has 0 atom stereocenters. The highest BCUT2D eigenvalue weighted by atomic mass is 127. The summed E-state index contributed by atoms with van der Waals surface area (Å²) in [4.78, 5) is 24.4. The molecule has 0 saturated heterocycles.